The maximum atomic E-state index is 10.2. The number of aromatic nitrogens is 2. The van der Waals surface area contributed by atoms with Crippen LogP contribution in [0.3, 0.4) is 0 Å². The fourth-order valence-corrected chi connectivity index (χ4v) is 1.82. The van der Waals surface area contributed by atoms with Gasteiger partial charge in [0.2, 0.25) is 0 Å². The standard InChI is InChI=1S/C13H16N2O2/c1-9-6-10(17-3)4-5-11(9)13(16)12-7-15(2)8-14-12/h4-8,13,16H,1-3H3. The minimum Gasteiger partial charge on any atom is -0.497 e. The van der Waals surface area contributed by atoms with Crippen LogP contribution in [0.2, 0.25) is 0 Å². The first kappa shape index (κ1) is 11.7. The van der Waals surface area contributed by atoms with Crippen LogP contribution in [-0.2, 0) is 7.05 Å². The van der Waals surface area contributed by atoms with Gasteiger partial charge in [-0.2, -0.15) is 0 Å². The minimum atomic E-state index is -0.692. The van der Waals surface area contributed by atoms with E-state index in [1.165, 1.54) is 0 Å². The fourth-order valence-electron chi connectivity index (χ4n) is 1.82. The predicted molar refractivity (Wildman–Crippen MR) is 65.0 cm³/mol. The van der Waals surface area contributed by atoms with Crippen LogP contribution in [0.4, 0.5) is 0 Å². The van der Waals surface area contributed by atoms with Crippen molar-refractivity contribution in [1.29, 1.82) is 0 Å². The summed E-state index contributed by atoms with van der Waals surface area (Å²) in [6.07, 6.45) is 2.80. The molecule has 0 amide bonds. The summed E-state index contributed by atoms with van der Waals surface area (Å²) in [7, 11) is 3.51. The number of hydrogen-bond donors (Lipinski definition) is 1. The minimum absolute atomic E-state index is 0.653. The van der Waals surface area contributed by atoms with Crippen molar-refractivity contribution < 1.29 is 9.84 Å². The van der Waals surface area contributed by atoms with Crippen molar-refractivity contribution in [3.63, 3.8) is 0 Å². The first-order valence-electron chi connectivity index (χ1n) is 5.42. The molecule has 0 bridgehead atoms. The second-order valence-electron chi connectivity index (χ2n) is 4.09. The van der Waals surface area contributed by atoms with Gasteiger partial charge in [-0.05, 0) is 30.2 Å². The highest BCUT2D eigenvalue weighted by Crippen LogP contribution is 2.26. The highest BCUT2D eigenvalue weighted by molar-refractivity contribution is 5.38. The fraction of sp³-hybridized carbons (Fsp3) is 0.308. The molecule has 1 aromatic heterocycles. The van der Waals surface area contributed by atoms with Crippen LogP contribution < -0.4 is 4.74 Å². The molecule has 1 aromatic carbocycles. The highest BCUT2D eigenvalue weighted by atomic mass is 16.5. The Morgan fingerprint density at radius 3 is 2.71 bits per heavy atom. The Morgan fingerprint density at radius 1 is 1.41 bits per heavy atom. The maximum Gasteiger partial charge on any atom is 0.123 e. The molecule has 0 fully saturated rings. The maximum absolute atomic E-state index is 10.2. The van der Waals surface area contributed by atoms with E-state index >= 15 is 0 Å². The van der Waals surface area contributed by atoms with Crippen molar-refractivity contribution in [2.45, 2.75) is 13.0 Å². The van der Waals surface area contributed by atoms with Gasteiger partial charge in [-0.25, -0.2) is 4.98 Å². The van der Waals surface area contributed by atoms with E-state index in [4.69, 9.17) is 4.74 Å². The molecule has 0 radical (unpaired) electrons. The Morgan fingerprint density at radius 2 is 2.18 bits per heavy atom. The first-order chi connectivity index (χ1) is 8.11. The van der Waals surface area contributed by atoms with Gasteiger partial charge in [-0.3, -0.25) is 0 Å². The molecule has 1 atom stereocenters. The van der Waals surface area contributed by atoms with Crippen LogP contribution in [0.15, 0.2) is 30.7 Å². The molecule has 17 heavy (non-hydrogen) atoms. The summed E-state index contributed by atoms with van der Waals surface area (Å²) in [5.41, 5.74) is 2.49. The summed E-state index contributed by atoms with van der Waals surface area (Å²) in [6.45, 7) is 1.95. The number of aryl methyl sites for hydroxylation is 2. The van der Waals surface area contributed by atoms with Gasteiger partial charge in [0.25, 0.3) is 0 Å². The monoisotopic (exact) mass is 232 g/mol. The summed E-state index contributed by atoms with van der Waals surface area (Å²) < 4.78 is 6.96. The molecule has 0 saturated carbocycles. The van der Waals surface area contributed by atoms with Crippen LogP contribution in [0.5, 0.6) is 5.75 Å². The molecule has 2 aromatic rings. The lowest BCUT2D eigenvalue weighted by Gasteiger charge is -2.12. The molecule has 1 heterocycles. The number of benzene rings is 1. The molecule has 1 unspecified atom stereocenters. The van der Waals surface area contributed by atoms with Gasteiger partial charge in [0.15, 0.2) is 0 Å². The van der Waals surface area contributed by atoms with Crippen LogP contribution in [0.25, 0.3) is 0 Å². The molecule has 4 nitrogen and oxygen atoms in total. The van der Waals surface area contributed by atoms with Gasteiger partial charge in [-0.1, -0.05) is 6.07 Å². The average molecular weight is 232 g/mol. The number of hydrogen-bond acceptors (Lipinski definition) is 3. The summed E-state index contributed by atoms with van der Waals surface area (Å²) in [6, 6.07) is 5.61. The Balaban J connectivity index is 2.34. The zero-order valence-corrected chi connectivity index (χ0v) is 10.2. The van der Waals surface area contributed by atoms with Crippen molar-refractivity contribution in [1.82, 2.24) is 9.55 Å². The van der Waals surface area contributed by atoms with Crippen LogP contribution >= 0.6 is 0 Å². The summed E-state index contributed by atoms with van der Waals surface area (Å²) >= 11 is 0. The summed E-state index contributed by atoms with van der Waals surface area (Å²) in [5.74, 6) is 0.791. The molecular formula is C13H16N2O2. The molecule has 90 valence electrons. The Labute approximate surface area is 100 Å². The van der Waals surface area contributed by atoms with Crippen molar-refractivity contribution in [3.8, 4) is 5.75 Å². The molecule has 0 aliphatic heterocycles. The number of nitrogens with zero attached hydrogens (tertiary/aromatic N) is 2. The second-order valence-corrected chi connectivity index (χ2v) is 4.09. The van der Waals surface area contributed by atoms with E-state index in [0.29, 0.717) is 5.69 Å². The SMILES string of the molecule is COc1ccc(C(O)c2cn(C)cn2)c(C)c1. The molecule has 1 N–H and O–H groups in total. The zero-order valence-electron chi connectivity index (χ0n) is 10.2. The van der Waals surface area contributed by atoms with E-state index in [2.05, 4.69) is 4.98 Å². The van der Waals surface area contributed by atoms with E-state index < -0.39 is 6.10 Å². The van der Waals surface area contributed by atoms with Gasteiger partial charge in [0.05, 0.1) is 19.1 Å². The number of imidazole rings is 1. The lowest BCUT2D eigenvalue weighted by Crippen LogP contribution is -2.02. The van der Waals surface area contributed by atoms with E-state index in [9.17, 15) is 5.11 Å². The van der Waals surface area contributed by atoms with Crippen molar-refractivity contribution in [2.24, 2.45) is 7.05 Å². The first-order valence-corrected chi connectivity index (χ1v) is 5.42. The number of methoxy groups -OCH3 is 1. The lowest BCUT2D eigenvalue weighted by atomic mass is 10.0. The van der Waals surface area contributed by atoms with Crippen molar-refractivity contribution >= 4 is 0 Å². The van der Waals surface area contributed by atoms with Gasteiger partial charge in [0, 0.05) is 13.2 Å². The number of rotatable bonds is 3. The Kier molecular flexibility index (Phi) is 3.15. The van der Waals surface area contributed by atoms with E-state index in [1.807, 2.05) is 42.9 Å². The zero-order chi connectivity index (χ0) is 12.4. The Bertz CT molecular complexity index is 520. The molecule has 0 saturated heterocycles. The average Bonchev–Trinajstić information content (AvgIpc) is 2.75. The third-order valence-corrected chi connectivity index (χ3v) is 2.78. The van der Waals surface area contributed by atoms with E-state index in [-0.39, 0.29) is 0 Å². The highest BCUT2D eigenvalue weighted by Gasteiger charge is 2.15. The van der Waals surface area contributed by atoms with Crippen LogP contribution in [0, 0.1) is 6.92 Å². The second kappa shape index (κ2) is 4.59. The van der Waals surface area contributed by atoms with Gasteiger partial charge >= 0.3 is 0 Å². The molecular weight excluding hydrogens is 216 g/mol. The van der Waals surface area contributed by atoms with Gasteiger partial charge in [0.1, 0.15) is 11.9 Å². The quantitative estimate of drug-likeness (QED) is 0.878. The molecule has 0 aliphatic carbocycles. The topological polar surface area (TPSA) is 47.3 Å². The Hall–Kier alpha value is -1.81. The number of ether oxygens (including phenoxy) is 1. The summed E-state index contributed by atoms with van der Waals surface area (Å²) in [5, 5.41) is 10.2. The molecule has 4 heteroatoms. The molecule has 0 spiro atoms. The molecule has 0 aliphatic rings. The largest absolute Gasteiger partial charge is 0.497 e. The number of aliphatic hydroxyl groups excluding tert-OH is 1. The lowest BCUT2D eigenvalue weighted by molar-refractivity contribution is 0.215. The van der Waals surface area contributed by atoms with Crippen LogP contribution in [0.1, 0.15) is 22.9 Å². The van der Waals surface area contributed by atoms with Gasteiger partial charge in [-0.15, -0.1) is 0 Å². The molecule has 2 rings (SSSR count). The van der Waals surface area contributed by atoms with E-state index in [1.54, 1.807) is 13.4 Å². The van der Waals surface area contributed by atoms with Crippen molar-refractivity contribution in [3.05, 3.63) is 47.5 Å². The normalized spacial score (nSPS) is 12.5. The smallest absolute Gasteiger partial charge is 0.123 e. The summed E-state index contributed by atoms with van der Waals surface area (Å²) in [4.78, 5) is 4.16. The third kappa shape index (κ3) is 2.31. The van der Waals surface area contributed by atoms with Crippen molar-refractivity contribution in [2.75, 3.05) is 7.11 Å². The number of aliphatic hydroxyl groups is 1. The van der Waals surface area contributed by atoms with Gasteiger partial charge < -0.3 is 14.4 Å². The predicted octanol–water partition coefficient (Wildman–Crippen LogP) is 1.82. The van der Waals surface area contributed by atoms with E-state index in [0.717, 1.165) is 16.9 Å². The third-order valence-electron chi connectivity index (χ3n) is 2.78. The van der Waals surface area contributed by atoms with Crippen LogP contribution in [-0.4, -0.2) is 21.8 Å².